The van der Waals surface area contributed by atoms with E-state index in [0.29, 0.717) is 5.56 Å². The van der Waals surface area contributed by atoms with Gasteiger partial charge in [-0.15, -0.1) is 4.91 Å². The van der Waals surface area contributed by atoms with Crippen LogP contribution in [0, 0.1) is 8.48 Å². The van der Waals surface area contributed by atoms with E-state index in [4.69, 9.17) is 0 Å². The van der Waals surface area contributed by atoms with Crippen molar-refractivity contribution in [3.8, 4) is 0 Å². The lowest BCUT2D eigenvalue weighted by Crippen LogP contribution is -2.20. The summed E-state index contributed by atoms with van der Waals surface area (Å²) >= 11 is 2.14. The average molecular weight is 290 g/mol. The van der Waals surface area contributed by atoms with Crippen molar-refractivity contribution in [3.63, 3.8) is 0 Å². The molecule has 0 heterocycles. The fraction of sp³-hybridized carbons (Fsp3) is 0.125. The van der Waals surface area contributed by atoms with Crippen molar-refractivity contribution >= 4 is 28.5 Å². The number of carbonyl (C=O) groups is 1. The minimum absolute atomic E-state index is 0.397. The topological polar surface area (TPSA) is 49.7 Å². The molecule has 1 aromatic carbocycles. The lowest BCUT2D eigenvalue weighted by molar-refractivity contribution is 0.0797. The number of hydrogen-bond donors (Lipinski definition) is 0. The van der Waals surface area contributed by atoms with E-state index in [9.17, 15) is 9.70 Å². The van der Waals surface area contributed by atoms with Gasteiger partial charge in [0.2, 0.25) is 0 Å². The Labute approximate surface area is 89.0 Å². The summed E-state index contributed by atoms with van der Waals surface area (Å²) in [7, 11) is 1.33. The van der Waals surface area contributed by atoms with Gasteiger partial charge in [0.25, 0.3) is 5.91 Å². The highest BCUT2D eigenvalue weighted by Crippen LogP contribution is 2.08. The molecule has 68 valence electrons. The normalized spacial score (nSPS) is 9.38. The van der Waals surface area contributed by atoms with Crippen molar-refractivity contribution in [2.75, 3.05) is 7.05 Å². The van der Waals surface area contributed by atoms with Gasteiger partial charge in [-0.25, -0.2) is 0 Å². The molecule has 1 amide bonds. The van der Waals surface area contributed by atoms with Crippen molar-refractivity contribution < 1.29 is 4.79 Å². The van der Waals surface area contributed by atoms with Gasteiger partial charge < -0.3 is 0 Å². The number of benzene rings is 1. The zero-order chi connectivity index (χ0) is 9.84. The molecule has 5 heteroatoms. The maximum atomic E-state index is 11.3. The molecule has 0 radical (unpaired) electrons. The Morgan fingerprint density at radius 3 is 2.38 bits per heavy atom. The van der Waals surface area contributed by atoms with Crippen molar-refractivity contribution in [3.05, 3.63) is 38.3 Å². The number of carbonyl (C=O) groups excluding carboxylic acids is 1. The molecule has 0 aliphatic heterocycles. The van der Waals surface area contributed by atoms with E-state index in [0.717, 1.165) is 8.58 Å². The zero-order valence-electron chi connectivity index (χ0n) is 6.90. The van der Waals surface area contributed by atoms with E-state index < -0.39 is 5.91 Å². The van der Waals surface area contributed by atoms with Crippen molar-refractivity contribution in [2.45, 2.75) is 0 Å². The molecule has 1 rings (SSSR count). The maximum Gasteiger partial charge on any atom is 0.276 e. The Morgan fingerprint density at radius 2 is 1.92 bits per heavy atom. The Morgan fingerprint density at radius 1 is 1.38 bits per heavy atom. The van der Waals surface area contributed by atoms with Crippen LogP contribution in [0.5, 0.6) is 0 Å². The molecule has 1 aromatic rings. The van der Waals surface area contributed by atoms with Gasteiger partial charge in [-0.1, -0.05) is 0 Å². The minimum Gasteiger partial charge on any atom is -0.267 e. The Kier molecular flexibility index (Phi) is 3.35. The largest absolute Gasteiger partial charge is 0.276 e. The summed E-state index contributed by atoms with van der Waals surface area (Å²) in [6.45, 7) is 0. The van der Waals surface area contributed by atoms with Gasteiger partial charge in [-0.05, 0) is 46.9 Å². The molecule has 0 atom stereocenters. The molecule has 0 saturated heterocycles. The molecule has 0 bridgehead atoms. The first-order chi connectivity index (χ1) is 6.15. The molecule has 0 fully saturated rings. The molecule has 0 aliphatic rings. The highest BCUT2D eigenvalue weighted by molar-refractivity contribution is 14.1. The van der Waals surface area contributed by atoms with Crippen molar-refractivity contribution in [1.29, 1.82) is 0 Å². The van der Waals surface area contributed by atoms with Crippen LogP contribution < -0.4 is 0 Å². The van der Waals surface area contributed by atoms with Gasteiger partial charge in [0.05, 0.1) is 5.29 Å². The molecular weight excluding hydrogens is 283 g/mol. The summed E-state index contributed by atoms with van der Waals surface area (Å²) in [6.07, 6.45) is 0. The van der Waals surface area contributed by atoms with E-state index in [-0.39, 0.29) is 0 Å². The van der Waals surface area contributed by atoms with Crippen molar-refractivity contribution in [1.82, 2.24) is 5.01 Å². The van der Waals surface area contributed by atoms with Crippen LogP contribution in [0.2, 0.25) is 0 Å². The molecule has 0 saturated carbocycles. The Balaban J connectivity index is 2.89. The van der Waals surface area contributed by atoms with Gasteiger partial charge in [0, 0.05) is 16.2 Å². The summed E-state index contributed by atoms with van der Waals surface area (Å²) in [5, 5.41) is 3.29. The second kappa shape index (κ2) is 4.31. The van der Waals surface area contributed by atoms with Gasteiger partial charge >= 0.3 is 0 Å². The number of rotatable bonds is 2. The zero-order valence-corrected chi connectivity index (χ0v) is 9.06. The van der Waals surface area contributed by atoms with Crippen LogP contribution in [0.4, 0.5) is 0 Å². The molecule has 0 spiro atoms. The summed E-state index contributed by atoms with van der Waals surface area (Å²) < 4.78 is 1.04. The summed E-state index contributed by atoms with van der Waals surface area (Å²) in [5.41, 5.74) is 0.461. The average Bonchev–Trinajstić information content (AvgIpc) is 2.17. The number of halogens is 1. The van der Waals surface area contributed by atoms with Crippen LogP contribution in [0.3, 0.4) is 0 Å². The fourth-order valence-corrected chi connectivity index (χ4v) is 1.18. The monoisotopic (exact) mass is 290 g/mol. The summed E-state index contributed by atoms with van der Waals surface area (Å²) in [6, 6.07) is 6.91. The number of nitrogens with zero attached hydrogens (tertiary/aromatic N) is 2. The van der Waals surface area contributed by atoms with E-state index in [2.05, 4.69) is 27.9 Å². The lowest BCUT2D eigenvalue weighted by atomic mass is 10.2. The highest BCUT2D eigenvalue weighted by Gasteiger charge is 2.10. The van der Waals surface area contributed by atoms with E-state index >= 15 is 0 Å². The third kappa shape index (κ3) is 2.48. The van der Waals surface area contributed by atoms with Crippen LogP contribution in [0.25, 0.3) is 0 Å². The first kappa shape index (κ1) is 10.1. The van der Waals surface area contributed by atoms with Gasteiger partial charge in [-0.2, -0.15) is 5.01 Å². The van der Waals surface area contributed by atoms with Crippen LogP contribution in [0.15, 0.2) is 29.6 Å². The minimum atomic E-state index is -0.397. The Bertz CT molecular complexity index is 323. The standard InChI is InChI=1S/C8H7IN2O2/c1-11(10-13)8(12)6-2-4-7(9)5-3-6/h2-5H,1H3. The smallest absolute Gasteiger partial charge is 0.267 e. The molecule has 0 unspecified atom stereocenters. The summed E-state index contributed by atoms with van der Waals surface area (Å²) in [4.78, 5) is 21.4. The quantitative estimate of drug-likeness (QED) is 0.475. The van der Waals surface area contributed by atoms with Crippen LogP contribution in [0.1, 0.15) is 10.4 Å². The van der Waals surface area contributed by atoms with E-state index in [1.54, 1.807) is 24.3 Å². The predicted octanol–water partition coefficient (Wildman–Crippen LogP) is 2.04. The highest BCUT2D eigenvalue weighted by atomic mass is 127. The molecule has 0 aliphatic carbocycles. The maximum absolute atomic E-state index is 11.3. The first-order valence-electron chi connectivity index (χ1n) is 3.52. The fourth-order valence-electron chi connectivity index (χ4n) is 0.816. The molecule has 0 aromatic heterocycles. The summed E-state index contributed by atoms with van der Waals surface area (Å²) in [5.74, 6) is -0.397. The predicted molar refractivity (Wildman–Crippen MR) is 57.0 cm³/mol. The molecule has 4 nitrogen and oxygen atoms in total. The number of nitroso groups, excluding NO2 is 1. The third-order valence-corrected chi connectivity index (χ3v) is 2.23. The van der Waals surface area contributed by atoms with Gasteiger partial charge in [-0.3, -0.25) is 4.79 Å². The van der Waals surface area contributed by atoms with Crippen LogP contribution >= 0.6 is 22.6 Å². The second-order valence-electron chi connectivity index (χ2n) is 2.42. The lowest BCUT2D eigenvalue weighted by Gasteiger charge is -2.05. The number of hydrogen-bond acceptors (Lipinski definition) is 3. The SMILES string of the molecule is CN(N=O)C(=O)c1ccc(I)cc1. The molecule has 13 heavy (non-hydrogen) atoms. The van der Waals surface area contributed by atoms with Gasteiger partial charge in [0.1, 0.15) is 0 Å². The second-order valence-corrected chi connectivity index (χ2v) is 3.66. The molecular formula is C8H7IN2O2. The van der Waals surface area contributed by atoms with E-state index in [1.165, 1.54) is 7.05 Å². The van der Waals surface area contributed by atoms with Crippen molar-refractivity contribution in [2.24, 2.45) is 5.29 Å². The first-order valence-corrected chi connectivity index (χ1v) is 4.60. The molecule has 0 N–H and O–H groups in total. The van der Waals surface area contributed by atoms with Crippen LogP contribution in [-0.4, -0.2) is 18.0 Å². The van der Waals surface area contributed by atoms with Gasteiger partial charge in [0.15, 0.2) is 0 Å². The number of amides is 1. The van der Waals surface area contributed by atoms with Crippen LogP contribution in [-0.2, 0) is 0 Å². The Hall–Kier alpha value is -0.980. The third-order valence-electron chi connectivity index (χ3n) is 1.51. The van der Waals surface area contributed by atoms with E-state index in [1.807, 2.05) is 0 Å².